The fourth-order valence-electron chi connectivity index (χ4n) is 1.52. The van der Waals surface area contributed by atoms with Crippen LogP contribution in [0, 0.1) is 5.92 Å². The molecule has 0 aromatic heterocycles. The molecule has 0 bridgehead atoms. The number of carbonyl (C=O) groups is 1. The average molecular weight is 254 g/mol. The molecule has 0 radical (unpaired) electrons. The van der Waals surface area contributed by atoms with E-state index in [1.54, 1.807) is 6.92 Å². The number of benzene rings is 1. The van der Waals surface area contributed by atoms with Crippen molar-refractivity contribution < 1.29 is 14.1 Å². The van der Waals surface area contributed by atoms with Gasteiger partial charge in [0.2, 0.25) is 0 Å². The first kappa shape index (κ1) is 13.9. The lowest BCUT2D eigenvalue weighted by Gasteiger charge is -2.06. The second-order valence-corrected chi connectivity index (χ2v) is 5.76. The average Bonchev–Trinajstić information content (AvgIpc) is 2.30. The zero-order chi connectivity index (χ0) is 12.7. The van der Waals surface area contributed by atoms with Crippen molar-refractivity contribution in [2.24, 2.45) is 5.92 Å². The molecule has 2 unspecified atom stereocenters. The zero-order valence-corrected chi connectivity index (χ0v) is 10.8. The van der Waals surface area contributed by atoms with Gasteiger partial charge in [0.1, 0.15) is 0 Å². The molecular weight excluding hydrogens is 236 g/mol. The Morgan fingerprint density at radius 1 is 1.35 bits per heavy atom. The zero-order valence-electron chi connectivity index (χ0n) is 9.96. The summed E-state index contributed by atoms with van der Waals surface area (Å²) >= 11 is 0. The van der Waals surface area contributed by atoms with E-state index in [0.29, 0.717) is 5.75 Å². The highest BCUT2D eigenvalue weighted by atomic mass is 32.2. The van der Waals surface area contributed by atoms with Crippen LogP contribution in [0.15, 0.2) is 30.3 Å². The Hall–Kier alpha value is -1.16. The molecule has 4 heteroatoms. The molecule has 0 amide bonds. The van der Waals surface area contributed by atoms with E-state index in [-0.39, 0.29) is 5.75 Å². The number of carboxylic acids is 1. The van der Waals surface area contributed by atoms with Crippen molar-refractivity contribution in [1.82, 2.24) is 0 Å². The van der Waals surface area contributed by atoms with Crippen LogP contribution < -0.4 is 0 Å². The molecule has 0 aliphatic carbocycles. The number of aryl methyl sites for hydroxylation is 1. The first-order valence-corrected chi connectivity index (χ1v) is 7.20. The summed E-state index contributed by atoms with van der Waals surface area (Å²) in [6, 6.07) is 10.0. The SMILES string of the molecule is CC(CS(=O)CCCc1ccccc1)C(=O)O. The second kappa shape index (κ2) is 7.22. The number of hydrogen-bond donors (Lipinski definition) is 1. The minimum Gasteiger partial charge on any atom is -0.481 e. The molecular formula is C13H18O3S. The normalized spacial score (nSPS) is 14.2. The Morgan fingerprint density at radius 2 is 2.00 bits per heavy atom. The van der Waals surface area contributed by atoms with E-state index >= 15 is 0 Å². The molecule has 1 rings (SSSR count). The van der Waals surface area contributed by atoms with Gasteiger partial charge in [-0.2, -0.15) is 0 Å². The van der Waals surface area contributed by atoms with Crippen molar-refractivity contribution in [3.05, 3.63) is 35.9 Å². The molecule has 0 saturated heterocycles. The Labute approximate surface area is 104 Å². The van der Waals surface area contributed by atoms with Crippen LogP contribution >= 0.6 is 0 Å². The fraction of sp³-hybridized carbons (Fsp3) is 0.462. The minimum absolute atomic E-state index is 0.254. The maximum absolute atomic E-state index is 11.6. The molecule has 1 aromatic rings. The molecule has 1 aromatic carbocycles. The number of aliphatic carboxylic acids is 1. The molecule has 17 heavy (non-hydrogen) atoms. The maximum Gasteiger partial charge on any atom is 0.307 e. The number of hydrogen-bond acceptors (Lipinski definition) is 2. The summed E-state index contributed by atoms with van der Waals surface area (Å²) in [5.74, 6) is -0.564. The van der Waals surface area contributed by atoms with E-state index in [9.17, 15) is 9.00 Å². The quantitative estimate of drug-likeness (QED) is 0.810. The minimum atomic E-state index is -1.03. The Bertz CT molecular complexity index is 376. The van der Waals surface area contributed by atoms with E-state index in [2.05, 4.69) is 0 Å². The Kier molecular flexibility index (Phi) is 5.91. The van der Waals surface area contributed by atoms with Crippen molar-refractivity contribution in [2.45, 2.75) is 19.8 Å². The summed E-state index contributed by atoms with van der Waals surface area (Å²) in [6.07, 6.45) is 1.73. The lowest BCUT2D eigenvalue weighted by molar-refractivity contribution is -0.140. The molecule has 0 heterocycles. The van der Waals surface area contributed by atoms with Crippen LogP contribution in [-0.4, -0.2) is 26.8 Å². The topological polar surface area (TPSA) is 54.4 Å². The first-order chi connectivity index (χ1) is 8.09. The van der Waals surface area contributed by atoms with Crippen molar-refractivity contribution >= 4 is 16.8 Å². The van der Waals surface area contributed by atoms with E-state index in [0.717, 1.165) is 12.8 Å². The monoisotopic (exact) mass is 254 g/mol. The van der Waals surface area contributed by atoms with E-state index in [1.807, 2.05) is 30.3 Å². The van der Waals surface area contributed by atoms with Gasteiger partial charge >= 0.3 is 5.97 Å². The van der Waals surface area contributed by atoms with Crippen LogP contribution in [0.1, 0.15) is 18.9 Å². The van der Waals surface area contributed by atoms with E-state index in [4.69, 9.17) is 5.11 Å². The van der Waals surface area contributed by atoms with Crippen LogP contribution in [0.3, 0.4) is 0 Å². The van der Waals surface area contributed by atoms with Gasteiger partial charge in [-0.3, -0.25) is 9.00 Å². The molecule has 1 N–H and O–H groups in total. The predicted molar refractivity (Wildman–Crippen MR) is 69.4 cm³/mol. The van der Waals surface area contributed by atoms with Crippen molar-refractivity contribution in [1.29, 1.82) is 0 Å². The summed E-state index contributed by atoms with van der Waals surface area (Å²) in [6.45, 7) is 1.59. The summed E-state index contributed by atoms with van der Waals surface area (Å²) in [4.78, 5) is 10.6. The second-order valence-electron chi connectivity index (χ2n) is 4.14. The highest BCUT2D eigenvalue weighted by Crippen LogP contribution is 2.05. The third kappa shape index (κ3) is 5.63. The highest BCUT2D eigenvalue weighted by Gasteiger charge is 2.14. The van der Waals surface area contributed by atoms with Crippen molar-refractivity contribution in [2.75, 3.05) is 11.5 Å². The molecule has 94 valence electrons. The molecule has 0 aliphatic heterocycles. The fourth-order valence-corrected chi connectivity index (χ4v) is 2.85. The molecule has 2 atom stereocenters. The van der Waals surface area contributed by atoms with Crippen molar-refractivity contribution in [3.63, 3.8) is 0 Å². The molecule has 0 saturated carbocycles. The Morgan fingerprint density at radius 3 is 2.59 bits per heavy atom. The largest absolute Gasteiger partial charge is 0.481 e. The molecule has 0 aliphatic rings. The van der Waals surface area contributed by atoms with Gasteiger partial charge in [-0.25, -0.2) is 0 Å². The van der Waals surface area contributed by atoms with Crippen LogP contribution in [0.5, 0.6) is 0 Å². The van der Waals surface area contributed by atoms with Crippen LogP contribution in [0.25, 0.3) is 0 Å². The van der Waals surface area contributed by atoms with Gasteiger partial charge in [-0.05, 0) is 18.4 Å². The summed E-state index contributed by atoms with van der Waals surface area (Å²) < 4.78 is 11.6. The smallest absolute Gasteiger partial charge is 0.307 e. The van der Waals surface area contributed by atoms with Gasteiger partial charge in [-0.15, -0.1) is 0 Å². The van der Waals surface area contributed by atoms with E-state index in [1.165, 1.54) is 5.56 Å². The predicted octanol–water partition coefficient (Wildman–Crippen LogP) is 2.09. The number of carboxylic acid groups (broad SMARTS) is 1. The Balaban J connectivity index is 2.23. The summed E-state index contributed by atoms with van der Waals surface area (Å²) in [7, 11) is -1.03. The summed E-state index contributed by atoms with van der Waals surface area (Å²) in [5.41, 5.74) is 1.23. The molecule has 3 nitrogen and oxygen atoms in total. The van der Waals surface area contributed by atoms with Gasteiger partial charge in [0.25, 0.3) is 0 Å². The van der Waals surface area contributed by atoms with Crippen LogP contribution in [-0.2, 0) is 22.0 Å². The third-order valence-corrected chi connectivity index (χ3v) is 4.15. The summed E-state index contributed by atoms with van der Waals surface area (Å²) in [5, 5.41) is 8.70. The van der Waals surface area contributed by atoms with Gasteiger partial charge in [-0.1, -0.05) is 37.3 Å². The van der Waals surface area contributed by atoms with Gasteiger partial charge in [0.05, 0.1) is 5.92 Å². The van der Waals surface area contributed by atoms with Crippen molar-refractivity contribution in [3.8, 4) is 0 Å². The standard InChI is InChI=1S/C13H18O3S/c1-11(13(14)15)10-17(16)9-5-8-12-6-3-2-4-7-12/h2-4,6-7,11H,5,8-10H2,1H3,(H,14,15). The number of rotatable bonds is 7. The van der Waals surface area contributed by atoms with Gasteiger partial charge < -0.3 is 5.11 Å². The molecule has 0 spiro atoms. The van der Waals surface area contributed by atoms with E-state index < -0.39 is 22.7 Å². The van der Waals surface area contributed by atoms with Gasteiger partial charge in [0, 0.05) is 22.3 Å². The third-order valence-electron chi connectivity index (χ3n) is 2.54. The molecule has 0 fully saturated rings. The lowest BCUT2D eigenvalue weighted by Crippen LogP contribution is -2.18. The van der Waals surface area contributed by atoms with Crippen LogP contribution in [0.4, 0.5) is 0 Å². The van der Waals surface area contributed by atoms with Crippen LogP contribution in [0.2, 0.25) is 0 Å². The van der Waals surface area contributed by atoms with Gasteiger partial charge in [0.15, 0.2) is 0 Å². The highest BCUT2D eigenvalue weighted by molar-refractivity contribution is 7.85. The first-order valence-electron chi connectivity index (χ1n) is 5.71. The maximum atomic E-state index is 11.6. The lowest BCUT2D eigenvalue weighted by atomic mass is 10.1.